The predicted molar refractivity (Wildman–Crippen MR) is 101 cm³/mol. The average molecular weight is 387 g/mol. The molecule has 8 N–H and O–H groups in total. The molecule has 4 unspecified atom stereocenters. The molecule has 4 atom stereocenters. The molecule has 0 aromatic heterocycles. The number of hydrogen-bond donors (Lipinski definition) is 6. The van der Waals surface area contributed by atoms with Crippen molar-refractivity contribution in [3.63, 3.8) is 0 Å². The zero-order valence-corrected chi connectivity index (χ0v) is 16.3. The number of rotatable bonds is 13. The lowest BCUT2D eigenvalue weighted by molar-refractivity contribution is -0.143. The molecule has 0 saturated carbocycles. The van der Waals surface area contributed by atoms with Crippen LogP contribution in [0.1, 0.15) is 46.5 Å². The number of carboxylic acids is 1. The van der Waals surface area contributed by atoms with E-state index in [0.717, 1.165) is 0 Å². The van der Waals surface area contributed by atoms with Crippen molar-refractivity contribution < 1.29 is 24.3 Å². The lowest BCUT2D eigenvalue weighted by Gasteiger charge is -2.21. The Morgan fingerprint density at radius 2 is 1.67 bits per heavy atom. The van der Waals surface area contributed by atoms with Crippen LogP contribution in [0.3, 0.4) is 0 Å². The standard InChI is InChI=1S/C17H33N5O5/c1-4-10(2)14(17(26)27)22-13(23)9-20-16(25)12(7-5-6-8-18)21-15(24)11(3)19/h10-12,14H,4-9,18-19H2,1-3H3,(H,20,25)(H,21,24)(H,22,23)(H,26,27). The van der Waals surface area contributed by atoms with Crippen LogP contribution in [-0.4, -0.2) is 60.0 Å². The first-order valence-corrected chi connectivity index (χ1v) is 9.19. The van der Waals surface area contributed by atoms with Gasteiger partial charge in [-0.2, -0.15) is 0 Å². The Kier molecular flexibility index (Phi) is 12.0. The van der Waals surface area contributed by atoms with Gasteiger partial charge >= 0.3 is 5.97 Å². The smallest absolute Gasteiger partial charge is 0.326 e. The molecule has 27 heavy (non-hydrogen) atoms. The van der Waals surface area contributed by atoms with E-state index in [4.69, 9.17) is 11.5 Å². The second-order valence-electron chi connectivity index (χ2n) is 6.62. The molecule has 156 valence electrons. The van der Waals surface area contributed by atoms with E-state index in [0.29, 0.717) is 32.2 Å². The van der Waals surface area contributed by atoms with E-state index in [-0.39, 0.29) is 12.5 Å². The van der Waals surface area contributed by atoms with Crippen LogP contribution in [0, 0.1) is 5.92 Å². The molecule has 0 aromatic rings. The topological polar surface area (TPSA) is 177 Å². The van der Waals surface area contributed by atoms with E-state index < -0.39 is 41.8 Å². The Bertz CT molecular complexity index is 512. The van der Waals surface area contributed by atoms with Crippen LogP contribution in [0.15, 0.2) is 0 Å². The third kappa shape index (κ3) is 9.90. The van der Waals surface area contributed by atoms with Crippen molar-refractivity contribution in [1.82, 2.24) is 16.0 Å². The highest BCUT2D eigenvalue weighted by Crippen LogP contribution is 2.07. The molecule has 0 saturated heterocycles. The van der Waals surface area contributed by atoms with E-state index in [1.807, 2.05) is 6.92 Å². The fourth-order valence-electron chi connectivity index (χ4n) is 2.26. The summed E-state index contributed by atoms with van der Waals surface area (Å²) in [4.78, 5) is 47.3. The summed E-state index contributed by atoms with van der Waals surface area (Å²) in [5.41, 5.74) is 10.9. The molecule has 0 radical (unpaired) electrons. The van der Waals surface area contributed by atoms with Crippen molar-refractivity contribution in [3.05, 3.63) is 0 Å². The van der Waals surface area contributed by atoms with Crippen LogP contribution in [0.5, 0.6) is 0 Å². The molecular weight excluding hydrogens is 354 g/mol. The van der Waals surface area contributed by atoms with Gasteiger partial charge in [-0.1, -0.05) is 20.3 Å². The quantitative estimate of drug-likeness (QED) is 0.212. The van der Waals surface area contributed by atoms with Gasteiger partial charge in [0.2, 0.25) is 17.7 Å². The van der Waals surface area contributed by atoms with Crippen molar-refractivity contribution in [2.45, 2.75) is 64.6 Å². The van der Waals surface area contributed by atoms with E-state index in [2.05, 4.69) is 16.0 Å². The van der Waals surface area contributed by atoms with Crippen molar-refractivity contribution in [3.8, 4) is 0 Å². The third-order valence-corrected chi connectivity index (χ3v) is 4.21. The largest absolute Gasteiger partial charge is 0.480 e. The van der Waals surface area contributed by atoms with Crippen molar-refractivity contribution in [1.29, 1.82) is 0 Å². The number of aliphatic carboxylic acids is 1. The van der Waals surface area contributed by atoms with Crippen molar-refractivity contribution >= 4 is 23.7 Å². The van der Waals surface area contributed by atoms with Gasteiger partial charge in [-0.3, -0.25) is 14.4 Å². The molecular formula is C17H33N5O5. The van der Waals surface area contributed by atoms with Crippen molar-refractivity contribution in [2.24, 2.45) is 17.4 Å². The highest BCUT2D eigenvalue weighted by atomic mass is 16.4. The first-order valence-electron chi connectivity index (χ1n) is 9.19. The second-order valence-corrected chi connectivity index (χ2v) is 6.62. The van der Waals surface area contributed by atoms with Crippen LogP contribution in [0.25, 0.3) is 0 Å². The zero-order valence-electron chi connectivity index (χ0n) is 16.3. The van der Waals surface area contributed by atoms with E-state index in [9.17, 15) is 24.3 Å². The third-order valence-electron chi connectivity index (χ3n) is 4.21. The van der Waals surface area contributed by atoms with Gasteiger partial charge in [0.25, 0.3) is 0 Å². The second kappa shape index (κ2) is 13.0. The summed E-state index contributed by atoms with van der Waals surface area (Å²) in [7, 11) is 0. The van der Waals surface area contributed by atoms with Crippen LogP contribution < -0.4 is 27.4 Å². The predicted octanol–water partition coefficient (Wildman–Crippen LogP) is -1.32. The Balaban J connectivity index is 4.73. The first-order chi connectivity index (χ1) is 12.6. The molecule has 0 aliphatic carbocycles. The van der Waals surface area contributed by atoms with Gasteiger partial charge in [0.1, 0.15) is 12.1 Å². The van der Waals surface area contributed by atoms with Crippen LogP contribution in [0.2, 0.25) is 0 Å². The first kappa shape index (κ1) is 24.8. The maximum absolute atomic E-state index is 12.3. The Morgan fingerprint density at radius 1 is 1.04 bits per heavy atom. The van der Waals surface area contributed by atoms with Gasteiger partial charge in [0.15, 0.2) is 0 Å². The van der Waals surface area contributed by atoms with Gasteiger partial charge in [0, 0.05) is 0 Å². The van der Waals surface area contributed by atoms with E-state index in [1.165, 1.54) is 6.92 Å². The molecule has 0 spiro atoms. The summed E-state index contributed by atoms with van der Waals surface area (Å²) in [6.45, 7) is 5.11. The summed E-state index contributed by atoms with van der Waals surface area (Å²) in [6.07, 6.45) is 2.24. The number of nitrogens with one attached hydrogen (secondary N) is 3. The number of carboxylic acid groups (broad SMARTS) is 1. The summed E-state index contributed by atoms with van der Waals surface area (Å²) < 4.78 is 0. The minimum absolute atomic E-state index is 0.253. The minimum Gasteiger partial charge on any atom is -0.480 e. The minimum atomic E-state index is -1.13. The van der Waals surface area contributed by atoms with E-state index >= 15 is 0 Å². The summed E-state index contributed by atoms with van der Waals surface area (Å²) >= 11 is 0. The molecule has 0 bridgehead atoms. The van der Waals surface area contributed by atoms with E-state index in [1.54, 1.807) is 6.92 Å². The Hall–Kier alpha value is -2.20. The fraction of sp³-hybridized carbons (Fsp3) is 0.765. The average Bonchev–Trinajstić information content (AvgIpc) is 2.62. The molecule has 0 aliphatic heterocycles. The Labute approximate surface area is 159 Å². The molecule has 3 amide bonds. The highest BCUT2D eigenvalue weighted by Gasteiger charge is 2.26. The number of amides is 3. The molecule has 10 heteroatoms. The maximum atomic E-state index is 12.3. The molecule has 0 rings (SSSR count). The highest BCUT2D eigenvalue weighted by molar-refractivity contribution is 5.92. The summed E-state index contributed by atoms with van der Waals surface area (Å²) in [5.74, 6) is -3.01. The summed E-state index contributed by atoms with van der Waals surface area (Å²) in [6, 6.07) is -2.64. The van der Waals surface area contributed by atoms with Gasteiger partial charge < -0.3 is 32.5 Å². The monoisotopic (exact) mass is 387 g/mol. The Morgan fingerprint density at radius 3 is 2.15 bits per heavy atom. The van der Waals surface area contributed by atoms with Gasteiger partial charge in [-0.25, -0.2) is 4.79 Å². The van der Waals surface area contributed by atoms with Crippen LogP contribution >= 0.6 is 0 Å². The van der Waals surface area contributed by atoms with Crippen LogP contribution in [0.4, 0.5) is 0 Å². The number of unbranched alkanes of at least 4 members (excludes halogenated alkanes) is 1. The molecule has 0 aromatic carbocycles. The molecule has 10 nitrogen and oxygen atoms in total. The summed E-state index contributed by atoms with van der Waals surface area (Å²) in [5, 5.41) is 16.6. The number of nitrogens with two attached hydrogens (primary N) is 2. The maximum Gasteiger partial charge on any atom is 0.326 e. The van der Waals surface area contributed by atoms with Crippen molar-refractivity contribution in [2.75, 3.05) is 13.1 Å². The lowest BCUT2D eigenvalue weighted by atomic mass is 9.99. The molecule has 0 aliphatic rings. The van der Waals surface area contributed by atoms with Gasteiger partial charge in [-0.15, -0.1) is 0 Å². The lowest BCUT2D eigenvalue weighted by Crippen LogP contribution is -2.53. The SMILES string of the molecule is CCC(C)C(NC(=O)CNC(=O)C(CCCCN)NC(=O)C(C)N)C(=O)O. The number of carbonyl (C=O) groups excluding carboxylic acids is 3. The normalized spacial score (nSPS) is 15.1. The fourth-order valence-corrected chi connectivity index (χ4v) is 2.26. The molecule has 0 fully saturated rings. The number of hydrogen-bond acceptors (Lipinski definition) is 6. The van der Waals surface area contributed by atoms with Crippen LogP contribution in [-0.2, 0) is 19.2 Å². The van der Waals surface area contributed by atoms with Gasteiger partial charge in [-0.05, 0) is 38.6 Å². The van der Waals surface area contributed by atoms with Gasteiger partial charge in [0.05, 0.1) is 12.6 Å². The number of carbonyl (C=O) groups is 4. The zero-order chi connectivity index (χ0) is 21.0. The molecule has 0 heterocycles.